The van der Waals surface area contributed by atoms with Crippen molar-refractivity contribution < 1.29 is 9.72 Å². The molecule has 0 aliphatic carbocycles. The van der Waals surface area contributed by atoms with Gasteiger partial charge in [0.05, 0.1) is 10.2 Å². The quantitative estimate of drug-likeness (QED) is 0.285. The molecule has 132 valence electrons. The highest BCUT2D eigenvalue weighted by Gasteiger charge is 2.20. The summed E-state index contributed by atoms with van der Waals surface area (Å²) in [4.78, 5) is 22.8. The molecule has 3 aromatic rings. The van der Waals surface area contributed by atoms with Crippen molar-refractivity contribution in [2.24, 2.45) is 7.05 Å². The minimum absolute atomic E-state index is 0.0209. The number of benzene rings is 2. The maximum atomic E-state index is 12.5. The molecule has 0 spiro atoms. The molecule has 0 N–H and O–H groups in total. The molecule has 1 heterocycles. The minimum atomic E-state index is -0.446. The summed E-state index contributed by atoms with van der Waals surface area (Å²) in [5.41, 5.74) is 1.40. The predicted molar refractivity (Wildman–Crippen MR) is 99.2 cm³/mol. The monoisotopic (exact) mass is 368 g/mol. The highest BCUT2D eigenvalue weighted by atomic mass is 32.2. The van der Waals surface area contributed by atoms with E-state index in [1.165, 1.54) is 23.9 Å². The van der Waals surface area contributed by atoms with Gasteiger partial charge in [0.25, 0.3) is 5.69 Å². The Hall–Kier alpha value is -3.00. The zero-order valence-electron chi connectivity index (χ0n) is 14.2. The van der Waals surface area contributed by atoms with Gasteiger partial charge in [0.15, 0.2) is 16.8 Å². The molecule has 26 heavy (non-hydrogen) atoms. The van der Waals surface area contributed by atoms with Gasteiger partial charge in [-0.2, -0.15) is 0 Å². The fourth-order valence-electron chi connectivity index (χ4n) is 2.45. The van der Waals surface area contributed by atoms with Gasteiger partial charge in [-0.15, -0.1) is 10.2 Å². The van der Waals surface area contributed by atoms with E-state index < -0.39 is 4.92 Å². The van der Waals surface area contributed by atoms with Crippen LogP contribution < -0.4 is 0 Å². The van der Waals surface area contributed by atoms with Gasteiger partial charge < -0.3 is 4.57 Å². The molecule has 3 rings (SSSR count). The van der Waals surface area contributed by atoms with Gasteiger partial charge in [-0.1, -0.05) is 42.1 Å². The van der Waals surface area contributed by atoms with Crippen LogP contribution in [0.25, 0.3) is 11.4 Å². The Labute approximate surface area is 154 Å². The van der Waals surface area contributed by atoms with Crippen LogP contribution >= 0.6 is 11.8 Å². The van der Waals surface area contributed by atoms with Crippen molar-refractivity contribution in [2.45, 2.75) is 17.3 Å². The van der Waals surface area contributed by atoms with E-state index in [2.05, 4.69) is 10.2 Å². The number of non-ortho nitro benzene ring substituents is 1. The van der Waals surface area contributed by atoms with Crippen LogP contribution in [-0.2, 0) is 7.05 Å². The lowest BCUT2D eigenvalue weighted by Gasteiger charge is -2.10. The number of nitro benzene ring substituents is 1. The van der Waals surface area contributed by atoms with Gasteiger partial charge >= 0.3 is 0 Å². The third-order valence-corrected chi connectivity index (χ3v) is 5.01. The second kappa shape index (κ2) is 7.49. The maximum Gasteiger partial charge on any atom is 0.269 e. The Balaban J connectivity index is 1.78. The summed E-state index contributed by atoms with van der Waals surface area (Å²) in [6.45, 7) is 1.83. The van der Waals surface area contributed by atoms with Crippen LogP contribution in [0.1, 0.15) is 17.3 Å². The molecule has 0 aliphatic heterocycles. The lowest BCUT2D eigenvalue weighted by Crippen LogP contribution is -2.14. The van der Waals surface area contributed by atoms with Crippen molar-refractivity contribution >= 4 is 23.2 Å². The first-order valence-corrected chi connectivity index (χ1v) is 8.75. The molecule has 0 amide bonds. The molecule has 0 saturated heterocycles. The van der Waals surface area contributed by atoms with Crippen LogP contribution in [0.4, 0.5) is 5.69 Å². The molecular formula is C18H16N4O3S. The topological polar surface area (TPSA) is 90.9 Å². The van der Waals surface area contributed by atoms with Crippen molar-refractivity contribution in [2.75, 3.05) is 0 Å². The molecule has 0 aliphatic rings. The van der Waals surface area contributed by atoms with Crippen LogP contribution in [0.5, 0.6) is 0 Å². The van der Waals surface area contributed by atoms with Gasteiger partial charge in [0, 0.05) is 30.3 Å². The molecule has 2 aromatic carbocycles. The number of nitro groups is 1. The summed E-state index contributed by atoms with van der Waals surface area (Å²) in [6, 6.07) is 15.2. The normalized spacial score (nSPS) is 11.9. The van der Waals surface area contributed by atoms with E-state index in [0.717, 1.165) is 5.56 Å². The average Bonchev–Trinajstić information content (AvgIpc) is 3.02. The van der Waals surface area contributed by atoms with Crippen molar-refractivity contribution in [1.29, 1.82) is 0 Å². The number of rotatable bonds is 6. The molecule has 0 saturated carbocycles. The highest BCUT2D eigenvalue weighted by molar-refractivity contribution is 8.00. The Morgan fingerprint density at radius 2 is 1.77 bits per heavy atom. The molecule has 0 bridgehead atoms. The molecule has 8 heteroatoms. The summed E-state index contributed by atoms with van der Waals surface area (Å²) >= 11 is 1.33. The number of thioether (sulfide) groups is 1. The van der Waals surface area contributed by atoms with Gasteiger partial charge in [-0.05, 0) is 19.1 Å². The number of hydrogen-bond acceptors (Lipinski definition) is 6. The van der Waals surface area contributed by atoms with Crippen LogP contribution in [0.2, 0.25) is 0 Å². The van der Waals surface area contributed by atoms with E-state index in [-0.39, 0.29) is 16.7 Å². The van der Waals surface area contributed by atoms with E-state index in [1.54, 1.807) is 35.9 Å². The molecular weight excluding hydrogens is 352 g/mol. The van der Waals surface area contributed by atoms with Crippen LogP contribution in [0, 0.1) is 10.1 Å². The minimum Gasteiger partial charge on any atom is -0.305 e. The second-order valence-corrected chi connectivity index (χ2v) is 6.97. The Morgan fingerprint density at radius 1 is 1.12 bits per heavy atom. The number of Topliss-reactive ketones (excluding diaryl/α,β-unsaturated/α-hetero) is 1. The van der Waals surface area contributed by atoms with E-state index in [9.17, 15) is 14.9 Å². The number of nitrogens with zero attached hydrogens (tertiary/aromatic N) is 4. The molecule has 1 aromatic heterocycles. The van der Waals surface area contributed by atoms with E-state index in [0.29, 0.717) is 16.5 Å². The summed E-state index contributed by atoms with van der Waals surface area (Å²) in [7, 11) is 1.80. The van der Waals surface area contributed by atoms with E-state index in [4.69, 9.17) is 0 Å². The SMILES string of the molecule is CC(Sc1nnc(-c2ccc([N+](=O)[O-])cc2)n1C)C(=O)c1ccccc1. The standard InChI is InChI=1S/C18H16N4O3S/c1-12(16(23)13-6-4-3-5-7-13)26-18-20-19-17(21(18)2)14-8-10-15(11-9-14)22(24)25/h3-12H,1-2H3. The van der Waals surface area contributed by atoms with Crippen molar-refractivity contribution in [1.82, 2.24) is 14.8 Å². The summed E-state index contributed by atoms with van der Waals surface area (Å²) in [5.74, 6) is 0.609. The molecule has 1 atom stereocenters. The number of hydrogen-bond donors (Lipinski definition) is 0. The zero-order chi connectivity index (χ0) is 18.7. The zero-order valence-corrected chi connectivity index (χ0v) is 15.0. The van der Waals surface area contributed by atoms with Crippen molar-refractivity contribution in [3.8, 4) is 11.4 Å². The summed E-state index contributed by atoms with van der Waals surface area (Å²) < 4.78 is 1.78. The molecule has 0 radical (unpaired) electrons. The second-order valence-electron chi connectivity index (χ2n) is 5.66. The van der Waals surface area contributed by atoms with Crippen LogP contribution in [0.3, 0.4) is 0 Å². The lowest BCUT2D eigenvalue weighted by atomic mass is 10.1. The molecule has 0 fully saturated rings. The first-order chi connectivity index (χ1) is 12.5. The third kappa shape index (κ3) is 3.65. The third-order valence-electron chi connectivity index (χ3n) is 3.88. The fraction of sp³-hybridized carbons (Fsp3) is 0.167. The highest BCUT2D eigenvalue weighted by Crippen LogP contribution is 2.28. The Bertz CT molecular complexity index is 939. The smallest absolute Gasteiger partial charge is 0.269 e. The lowest BCUT2D eigenvalue weighted by molar-refractivity contribution is -0.384. The molecule has 7 nitrogen and oxygen atoms in total. The van der Waals surface area contributed by atoms with E-state index in [1.807, 2.05) is 25.1 Å². The van der Waals surface area contributed by atoms with Crippen molar-refractivity contribution in [3.63, 3.8) is 0 Å². The number of carbonyl (C=O) groups excluding carboxylic acids is 1. The Morgan fingerprint density at radius 3 is 2.38 bits per heavy atom. The largest absolute Gasteiger partial charge is 0.305 e. The summed E-state index contributed by atoms with van der Waals surface area (Å²) in [5, 5.41) is 19.4. The van der Waals surface area contributed by atoms with Crippen LogP contribution in [0.15, 0.2) is 59.8 Å². The van der Waals surface area contributed by atoms with Gasteiger partial charge in [0.1, 0.15) is 0 Å². The molecule has 1 unspecified atom stereocenters. The maximum absolute atomic E-state index is 12.5. The van der Waals surface area contributed by atoms with Gasteiger partial charge in [0.2, 0.25) is 0 Å². The van der Waals surface area contributed by atoms with Gasteiger partial charge in [-0.25, -0.2) is 0 Å². The van der Waals surface area contributed by atoms with Gasteiger partial charge in [-0.3, -0.25) is 14.9 Å². The average molecular weight is 368 g/mol. The van der Waals surface area contributed by atoms with Crippen molar-refractivity contribution in [3.05, 3.63) is 70.3 Å². The first-order valence-electron chi connectivity index (χ1n) is 7.87. The number of carbonyl (C=O) groups is 1. The number of aromatic nitrogens is 3. The first kappa shape index (κ1) is 17.8. The summed E-state index contributed by atoms with van der Waals surface area (Å²) in [6.07, 6.45) is 0. The number of ketones is 1. The van der Waals surface area contributed by atoms with Crippen LogP contribution in [-0.4, -0.2) is 30.7 Å². The Kier molecular flexibility index (Phi) is 5.13. The fourth-order valence-corrected chi connectivity index (χ4v) is 3.34. The van der Waals surface area contributed by atoms with E-state index >= 15 is 0 Å². The predicted octanol–water partition coefficient (Wildman–Crippen LogP) is 3.75.